The van der Waals surface area contributed by atoms with Gasteiger partial charge in [-0.25, -0.2) is 4.79 Å². The molecule has 8 heteroatoms. The van der Waals surface area contributed by atoms with Crippen molar-refractivity contribution in [3.8, 4) is 0 Å². The molecule has 29 heavy (non-hydrogen) atoms. The molecule has 0 saturated carbocycles. The lowest BCUT2D eigenvalue weighted by Crippen LogP contribution is -2.41. The van der Waals surface area contributed by atoms with Gasteiger partial charge >= 0.3 is 5.97 Å². The predicted octanol–water partition coefficient (Wildman–Crippen LogP) is 1.72. The average molecular weight is 398 g/mol. The van der Waals surface area contributed by atoms with Crippen molar-refractivity contribution in [3.63, 3.8) is 0 Å². The standard InChI is InChI=1S/C21H26N4O4/c1-29-21(28)18(25-20(27)15-7-11-17(23)12-8-15)4-2-3-13-24-19(26)14-5-9-16(22)10-6-14/h5-12,18H,2-4,13,22-23H2,1H3,(H,24,26)(H,25,27). The summed E-state index contributed by atoms with van der Waals surface area (Å²) in [6, 6.07) is 12.3. The second-order valence-corrected chi connectivity index (χ2v) is 6.54. The maximum absolute atomic E-state index is 12.3. The summed E-state index contributed by atoms with van der Waals surface area (Å²) in [4.78, 5) is 36.3. The van der Waals surface area contributed by atoms with Crippen LogP contribution in [0.5, 0.6) is 0 Å². The number of nitrogens with two attached hydrogens (primary N) is 2. The highest BCUT2D eigenvalue weighted by molar-refractivity contribution is 5.97. The van der Waals surface area contributed by atoms with Gasteiger partial charge in [-0.05, 0) is 67.8 Å². The van der Waals surface area contributed by atoms with Gasteiger partial charge in [0, 0.05) is 29.0 Å². The number of amides is 2. The maximum Gasteiger partial charge on any atom is 0.328 e. The number of unbranched alkanes of at least 4 members (excludes halogenated alkanes) is 1. The molecule has 8 nitrogen and oxygen atoms in total. The number of benzene rings is 2. The van der Waals surface area contributed by atoms with Gasteiger partial charge in [0.05, 0.1) is 7.11 Å². The highest BCUT2D eigenvalue weighted by atomic mass is 16.5. The molecule has 0 radical (unpaired) electrons. The number of carbonyl (C=O) groups excluding carboxylic acids is 3. The Labute approximate surface area is 169 Å². The van der Waals surface area contributed by atoms with E-state index in [1.165, 1.54) is 7.11 Å². The lowest BCUT2D eigenvalue weighted by atomic mass is 10.1. The molecule has 0 aliphatic heterocycles. The molecule has 2 aromatic carbocycles. The van der Waals surface area contributed by atoms with Gasteiger partial charge < -0.3 is 26.8 Å². The molecule has 0 aliphatic carbocycles. The Balaban J connectivity index is 1.79. The van der Waals surface area contributed by atoms with Gasteiger partial charge in [-0.3, -0.25) is 9.59 Å². The first-order chi connectivity index (χ1) is 13.9. The van der Waals surface area contributed by atoms with E-state index in [0.29, 0.717) is 48.3 Å². The molecular weight excluding hydrogens is 372 g/mol. The molecule has 2 rings (SSSR count). The highest BCUT2D eigenvalue weighted by Gasteiger charge is 2.21. The number of rotatable bonds is 9. The Morgan fingerprint density at radius 1 is 0.862 bits per heavy atom. The van der Waals surface area contributed by atoms with Crippen molar-refractivity contribution in [1.29, 1.82) is 0 Å². The summed E-state index contributed by atoms with van der Waals surface area (Å²) in [6.45, 7) is 0.447. The first-order valence-electron chi connectivity index (χ1n) is 9.28. The second kappa shape index (κ2) is 10.7. The van der Waals surface area contributed by atoms with Crippen LogP contribution in [0.3, 0.4) is 0 Å². The van der Waals surface area contributed by atoms with Crippen LogP contribution in [-0.2, 0) is 9.53 Å². The van der Waals surface area contributed by atoms with E-state index in [1.54, 1.807) is 48.5 Å². The molecular formula is C21H26N4O4. The van der Waals surface area contributed by atoms with Crippen LogP contribution >= 0.6 is 0 Å². The van der Waals surface area contributed by atoms with Crippen LogP contribution in [-0.4, -0.2) is 37.5 Å². The van der Waals surface area contributed by atoms with Crippen molar-refractivity contribution in [2.24, 2.45) is 0 Å². The van der Waals surface area contributed by atoms with Crippen molar-refractivity contribution in [1.82, 2.24) is 10.6 Å². The van der Waals surface area contributed by atoms with E-state index in [0.717, 1.165) is 0 Å². The van der Waals surface area contributed by atoms with Crippen molar-refractivity contribution < 1.29 is 19.1 Å². The second-order valence-electron chi connectivity index (χ2n) is 6.54. The molecule has 0 fully saturated rings. The van der Waals surface area contributed by atoms with Crippen molar-refractivity contribution in [2.75, 3.05) is 25.1 Å². The number of hydrogen-bond donors (Lipinski definition) is 4. The quantitative estimate of drug-likeness (QED) is 0.288. The number of nitrogens with one attached hydrogen (secondary N) is 2. The van der Waals surface area contributed by atoms with E-state index in [1.807, 2.05) is 0 Å². The Hall–Kier alpha value is -3.55. The van der Waals surface area contributed by atoms with E-state index >= 15 is 0 Å². The van der Waals surface area contributed by atoms with Gasteiger partial charge in [0.1, 0.15) is 6.04 Å². The van der Waals surface area contributed by atoms with Crippen LogP contribution in [0.15, 0.2) is 48.5 Å². The predicted molar refractivity (Wildman–Crippen MR) is 111 cm³/mol. The number of ether oxygens (including phenoxy) is 1. The fraction of sp³-hybridized carbons (Fsp3) is 0.286. The zero-order valence-corrected chi connectivity index (χ0v) is 16.3. The lowest BCUT2D eigenvalue weighted by molar-refractivity contribution is -0.143. The molecule has 0 bridgehead atoms. The number of nitrogen functional groups attached to an aromatic ring is 2. The molecule has 2 aromatic rings. The number of carbonyl (C=O) groups is 3. The Morgan fingerprint density at radius 3 is 1.90 bits per heavy atom. The number of hydrogen-bond acceptors (Lipinski definition) is 6. The molecule has 0 saturated heterocycles. The van der Waals surface area contributed by atoms with Gasteiger partial charge in [-0.2, -0.15) is 0 Å². The van der Waals surface area contributed by atoms with Crippen LogP contribution in [0.4, 0.5) is 11.4 Å². The molecule has 2 amide bonds. The summed E-state index contributed by atoms with van der Waals surface area (Å²) >= 11 is 0. The summed E-state index contributed by atoms with van der Waals surface area (Å²) in [5, 5.41) is 5.49. The average Bonchev–Trinajstić information content (AvgIpc) is 2.72. The fourth-order valence-electron chi connectivity index (χ4n) is 2.68. The normalized spacial score (nSPS) is 11.3. The minimum atomic E-state index is -0.766. The minimum Gasteiger partial charge on any atom is -0.467 e. The van der Waals surface area contributed by atoms with Crippen molar-refractivity contribution in [3.05, 3.63) is 59.7 Å². The molecule has 6 N–H and O–H groups in total. The minimum absolute atomic E-state index is 0.189. The molecule has 154 valence electrons. The van der Waals surface area contributed by atoms with E-state index in [4.69, 9.17) is 16.2 Å². The van der Waals surface area contributed by atoms with E-state index in [9.17, 15) is 14.4 Å². The van der Waals surface area contributed by atoms with Crippen LogP contribution in [0, 0.1) is 0 Å². The summed E-state index contributed by atoms with van der Waals surface area (Å²) in [5.74, 6) is -1.08. The third kappa shape index (κ3) is 6.84. The summed E-state index contributed by atoms with van der Waals surface area (Å²) in [7, 11) is 1.28. The fourth-order valence-corrected chi connectivity index (χ4v) is 2.68. The smallest absolute Gasteiger partial charge is 0.328 e. The van der Waals surface area contributed by atoms with Crippen LogP contribution in [0.1, 0.15) is 40.0 Å². The zero-order chi connectivity index (χ0) is 21.2. The Bertz CT molecular complexity index is 835. The molecule has 0 heterocycles. The topological polar surface area (TPSA) is 137 Å². The maximum atomic E-state index is 12.3. The van der Waals surface area contributed by atoms with Crippen LogP contribution in [0.25, 0.3) is 0 Å². The number of esters is 1. The highest BCUT2D eigenvalue weighted by Crippen LogP contribution is 2.09. The molecule has 0 aliphatic rings. The molecule has 0 aromatic heterocycles. The van der Waals surface area contributed by atoms with Gasteiger partial charge in [0.25, 0.3) is 11.8 Å². The Kier molecular flexibility index (Phi) is 8.02. The van der Waals surface area contributed by atoms with Gasteiger partial charge in [-0.15, -0.1) is 0 Å². The summed E-state index contributed by atoms with van der Waals surface area (Å²) < 4.78 is 4.78. The molecule has 0 spiro atoms. The van der Waals surface area contributed by atoms with Crippen LogP contribution in [0.2, 0.25) is 0 Å². The van der Waals surface area contributed by atoms with E-state index < -0.39 is 12.0 Å². The van der Waals surface area contributed by atoms with Crippen molar-refractivity contribution in [2.45, 2.75) is 25.3 Å². The first-order valence-corrected chi connectivity index (χ1v) is 9.28. The summed E-state index contributed by atoms with van der Waals surface area (Å²) in [5.41, 5.74) is 13.3. The molecule has 1 atom stereocenters. The Morgan fingerprint density at radius 2 is 1.38 bits per heavy atom. The number of methoxy groups -OCH3 is 1. The zero-order valence-electron chi connectivity index (χ0n) is 16.3. The van der Waals surface area contributed by atoms with Crippen molar-refractivity contribution >= 4 is 29.2 Å². The summed E-state index contributed by atoms with van der Waals surface area (Å²) in [6.07, 6.45) is 1.65. The molecule has 1 unspecified atom stereocenters. The number of anilines is 2. The van der Waals surface area contributed by atoms with E-state index in [-0.39, 0.29) is 11.8 Å². The van der Waals surface area contributed by atoms with Gasteiger partial charge in [-0.1, -0.05) is 0 Å². The SMILES string of the molecule is COC(=O)C(CCCCNC(=O)c1ccc(N)cc1)NC(=O)c1ccc(N)cc1. The van der Waals surface area contributed by atoms with Gasteiger partial charge in [0.15, 0.2) is 0 Å². The van der Waals surface area contributed by atoms with Gasteiger partial charge in [0.2, 0.25) is 0 Å². The first kappa shape index (κ1) is 21.7. The van der Waals surface area contributed by atoms with Crippen LogP contribution < -0.4 is 22.1 Å². The van der Waals surface area contributed by atoms with E-state index in [2.05, 4.69) is 10.6 Å². The third-order valence-corrected chi connectivity index (χ3v) is 4.34. The largest absolute Gasteiger partial charge is 0.467 e. The monoisotopic (exact) mass is 398 g/mol. The lowest BCUT2D eigenvalue weighted by Gasteiger charge is -2.16. The third-order valence-electron chi connectivity index (χ3n) is 4.34.